The van der Waals surface area contributed by atoms with Gasteiger partial charge in [0.15, 0.2) is 6.29 Å². The molecule has 3 heteroatoms. The normalized spacial score (nSPS) is 11.2. The second-order valence-corrected chi connectivity index (χ2v) is 8.74. The van der Waals surface area contributed by atoms with Crippen LogP contribution in [-0.2, 0) is 9.47 Å². The fourth-order valence-corrected chi connectivity index (χ4v) is 1.50. The molecule has 0 amide bonds. The Bertz CT molecular complexity index is 181. The molecule has 0 spiro atoms. The molecule has 0 aromatic carbocycles. The molecule has 2 nitrogen and oxygen atoms in total. The van der Waals surface area contributed by atoms with Gasteiger partial charge in [-0.25, -0.2) is 0 Å². The molecule has 0 heterocycles. The van der Waals surface area contributed by atoms with Gasteiger partial charge >= 0.3 is 0 Å². The third kappa shape index (κ3) is 8.04. The zero-order chi connectivity index (χ0) is 10.3. The van der Waals surface area contributed by atoms with Gasteiger partial charge in [-0.1, -0.05) is 19.6 Å². The van der Waals surface area contributed by atoms with E-state index in [-0.39, 0.29) is 6.29 Å². The summed E-state index contributed by atoms with van der Waals surface area (Å²) in [5.74, 6) is 3.18. The Hall–Kier alpha value is -0.303. The van der Waals surface area contributed by atoms with E-state index < -0.39 is 8.07 Å². The van der Waals surface area contributed by atoms with Crippen LogP contribution in [0.25, 0.3) is 0 Å². The zero-order valence-electron chi connectivity index (χ0n) is 9.31. The quantitative estimate of drug-likeness (QED) is 0.394. The summed E-state index contributed by atoms with van der Waals surface area (Å²) in [4.78, 5) is 0. The summed E-state index contributed by atoms with van der Waals surface area (Å²) in [6.07, 6.45) is 1.61. The van der Waals surface area contributed by atoms with Crippen molar-refractivity contribution in [1.29, 1.82) is 0 Å². The van der Waals surface area contributed by atoms with Crippen LogP contribution in [0.5, 0.6) is 0 Å². The molecule has 0 aliphatic heterocycles. The van der Waals surface area contributed by atoms with E-state index >= 15 is 0 Å². The Morgan fingerprint density at radius 2 is 1.69 bits per heavy atom. The highest BCUT2D eigenvalue weighted by Crippen LogP contribution is 2.02. The van der Waals surface area contributed by atoms with E-state index in [9.17, 15) is 0 Å². The molecule has 0 radical (unpaired) electrons. The minimum atomic E-state index is -1.19. The highest BCUT2D eigenvalue weighted by atomic mass is 28.3. The monoisotopic (exact) mass is 200 g/mol. The van der Waals surface area contributed by atoms with Crippen molar-refractivity contribution in [2.75, 3.05) is 14.2 Å². The summed E-state index contributed by atoms with van der Waals surface area (Å²) < 4.78 is 10.1. The fourth-order valence-electron chi connectivity index (χ4n) is 0.850. The lowest BCUT2D eigenvalue weighted by molar-refractivity contribution is -0.105. The lowest BCUT2D eigenvalue weighted by Crippen LogP contribution is -2.16. The summed E-state index contributed by atoms with van der Waals surface area (Å²) in [5.41, 5.74) is 3.30. The van der Waals surface area contributed by atoms with E-state index in [1.165, 1.54) is 0 Å². The summed E-state index contributed by atoms with van der Waals surface area (Å²) in [6, 6.07) is 0. The number of rotatable bonds is 4. The number of methoxy groups -OCH3 is 2. The molecule has 76 valence electrons. The van der Waals surface area contributed by atoms with Crippen LogP contribution in [-0.4, -0.2) is 28.6 Å². The molecule has 0 saturated heterocycles. The maximum absolute atomic E-state index is 5.05. The van der Waals surface area contributed by atoms with Gasteiger partial charge in [0, 0.05) is 27.1 Å². The highest BCUT2D eigenvalue weighted by molar-refractivity contribution is 6.83. The minimum Gasteiger partial charge on any atom is -0.356 e. The van der Waals surface area contributed by atoms with Crippen LogP contribution in [0.2, 0.25) is 19.6 Å². The molecule has 0 rings (SSSR count). The summed E-state index contributed by atoms with van der Waals surface area (Å²) in [7, 11) is 2.11. The van der Waals surface area contributed by atoms with Crippen LogP contribution in [0.3, 0.4) is 0 Å². The smallest absolute Gasteiger partial charge is 0.157 e. The van der Waals surface area contributed by atoms with Gasteiger partial charge in [-0.2, -0.15) is 0 Å². The Balaban J connectivity index is 3.70. The molecule has 0 fully saturated rings. The Morgan fingerprint density at radius 3 is 2.08 bits per heavy atom. The van der Waals surface area contributed by atoms with E-state index in [0.29, 0.717) is 0 Å². The number of hydrogen-bond donors (Lipinski definition) is 0. The van der Waals surface area contributed by atoms with E-state index in [1.54, 1.807) is 14.2 Å². The van der Waals surface area contributed by atoms with Gasteiger partial charge in [0.1, 0.15) is 8.07 Å². The van der Waals surface area contributed by atoms with Gasteiger partial charge in [-0.15, -0.1) is 11.5 Å². The number of hydrogen-bond acceptors (Lipinski definition) is 2. The molecule has 0 bridgehead atoms. The van der Waals surface area contributed by atoms with Gasteiger partial charge in [-0.3, -0.25) is 0 Å². The minimum absolute atomic E-state index is 0.101. The summed E-state index contributed by atoms with van der Waals surface area (Å²) >= 11 is 0. The van der Waals surface area contributed by atoms with E-state index in [0.717, 1.165) is 12.8 Å². The average molecular weight is 200 g/mol. The van der Waals surface area contributed by atoms with Gasteiger partial charge < -0.3 is 9.47 Å². The van der Waals surface area contributed by atoms with Crippen molar-refractivity contribution in [3.05, 3.63) is 0 Å². The third-order valence-electron chi connectivity index (χ3n) is 1.49. The summed E-state index contributed by atoms with van der Waals surface area (Å²) in [6.45, 7) is 6.72. The Kier molecular flexibility index (Phi) is 6.05. The first-order valence-electron chi connectivity index (χ1n) is 4.55. The molecule has 0 aromatic heterocycles. The lowest BCUT2D eigenvalue weighted by Gasteiger charge is -2.10. The predicted octanol–water partition coefficient (Wildman–Crippen LogP) is 2.27. The molecule has 0 aliphatic rings. The van der Waals surface area contributed by atoms with Crippen LogP contribution in [0.15, 0.2) is 0 Å². The van der Waals surface area contributed by atoms with Crippen LogP contribution in [0.4, 0.5) is 0 Å². The van der Waals surface area contributed by atoms with Crippen molar-refractivity contribution in [3.63, 3.8) is 0 Å². The molecule has 0 aromatic rings. The van der Waals surface area contributed by atoms with Gasteiger partial charge in [0.05, 0.1) is 0 Å². The first-order valence-corrected chi connectivity index (χ1v) is 8.05. The largest absolute Gasteiger partial charge is 0.356 e. The van der Waals surface area contributed by atoms with Crippen molar-refractivity contribution in [3.8, 4) is 11.5 Å². The molecule has 0 aliphatic carbocycles. The van der Waals surface area contributed by atoms with Crippen LogP contribution < -0.4 is 0 Å². The first kappa shape index (κ1) is 12.7. The molecule has 0 saturated carbocycles. The molecular formula is C10H20O2Si. The first-order chi connectivity index (χ1) is 5.99. The topological polar surface area (TPSA) is 18.5 Å². The van der Waals surface area contributed by atoms with Gasteiger partial charge in [0.2, 0.25) is 0 Å². The highest BCUT2D eigenvalue weighted by Gasteiger charge is 2.07. The average Bonchev–Trinajstić information content (AvgIpc) is 2.03. The van der Waals surface area contributed by atoms with Crippen LogP contribution in [0, 0.1) is 11.5 Å². The lowest BCUT2D eigenvalue weighted by atomic mass is 10.3. The fraction of sp³-hybridized carbons (Fsp3) is 0.800. The van der Waals surface area contributed by atoms with Crippen molar-refractivity contribution < 1.29 is 9.47 Å². The maximum atomic E-state index is 5.05. The standard InChI is InChI=1S/C10H20O2Si/c1-11-10(12-2)8-6-7-9-13(3,4)5/h10H,6,8H2,1-5H3. The predicted molar refractivity (Wildman–Crippen MR) is 58.2 cm³/mol. The van der Waals surface area contributed by atoms with E-state index in [1.807, 2.05) is 0 Å². The Morgan fingerprint density at radius 1 is 1.15 bits per heavy atom. The third-order valence-corrected chi connectivity index (χ3v) is 2.42. The molecule has 0 unspecified atom stereocenters. The zero-order valence-corrected chi connectivity index (χ0v) is 10.3. The van der Waals surface area contributed by atoms with Crippen molar-refractivity contribution in [2.24, 2.45) is 0 Å². The second-order valence-electron chi connectivity index (χ2n) is 3.99. The van der Waals surface area contributed by atoms with Crippen molar-refractivity contribution in [2.45, 2.75) is 38.8 Å². The molecule has 0 atom stereocenters. The van der Waals surface area contributed by atoms with Crippen LogP contribution >= 0.6 is 0 Å². The molecule has 13 heavy (non-hydrogen) atoms. The summed E-state index contributed by atoms with van der Waals surface area (Å²) in [5, 5.41) is 0. The number of ether oxygens (including phenoxy) is 2. The molecule has 0 N–H and O–H groups in total. The van der Waals surface area contributed by atoms with E-state index in [2.05, 4.69) is 31.1 Å². The Labute approximate surface area is 82.6 Å². The van der Waals surface area contributed by atoms with Gasteiger partial charge in [-0.05, 0) is 0 Å². The SMILES string of the molecule is COC(CCC#C[Si](C)(C)C)OC. The van der Waals surface area contributed by atoms with Crippen molar-refractivity contribution >= 4 is 8.07 Å². The molecular weight excluding hydrogens is 180 g/mol. The van der Waals surface area contributed by atoms with Crippen molar-refractivity contribution in [1.82, 2.24) is 0 Å². The van der Waals surface area contributed by atoms with Crippen LogP contribution in [0.1, 0.15) is 12.8 Å². The second kappa shape index (κ2) is 6.20. The van der Waals surface area contributed by atoms with E-state index in [4.69, 9.17) is 9.47 Å². The van der Waals surface area contributed by atoms with Gasteiger partial charge in [0.25, 0.3) is 0 Å². The maximum Gasteiger partial charge on any atom is 0.157 e.